The van der Waals surface area contributed by atoms with Gasteiger partial charge in [0, 0.05) is 18.4 Å². The molecule has 6 nitrogen and oxygen atoms in total. The minimum atomic E-state index is -1.77. The van der Waals surface area contributed by atoms with Gasteiger partial charge < -0.3 is 9.64 Å². The lowest BCUT2D eigenvalue weighted by atomic mass is 9.57. The number of imide groups is 1. The van der Waals surface area contributed by atoms with Crippen molar-refractivity contribution in [1.29, 1.82) is 0 Å². The molecule has 45 heavy (non-hydrogen) atoms. The van der Waals surface area contributed by atoms with Crippen LogP contribution in [0.3, 0.4) is 0 Å². The molecule has 1 saturated heterocycles. The Hall–Kier alpha value is -5.33. The third-order valence-electron chi connectivity index (χ3n) is 9.64. The molecule has 5 aromatic carbocycles. The molecule has 3 amide bonds. The fourth-order valence-electron chi connectivity index (χ4n) is 7.98. The van der Waals surface area contributed by atoms with E-state index in [1.807, 2.05) is 133 Å². The molecule has 3 aliphatic rings. The van der Waals surface area contributed by atoms with Crippen LogP contribution in [-0.2, 0) is 36.7 Å². The number of rotatable bonds is 4. The molecular weight excluding hydrogens is 560 g/mol. The van der Waals surface area contributed by atoms with E-state index in [2.05, 4.69) is 0 Å². The number of anilines is 2. The molecule has 0 saturated carbocycles. The zero-order chi connectivity index (χ0) is 30.8. The van der Waals surface area contributed by atoms with Gasteiger partial charge in [-0.15, -0.1) is 0 Å². The standard InChI is InChI=1S/C39H30N2O4/c1-26(42)41-33-24-14-11-21-30(33)38(36(41)43)34(28-17-7-3-8-18-28)35(29-19-9-4-10-20-29)45-39(38)31-22-12-13-23-32(31)40(37(39)44)25-27-15-5-2-6-16-27/h2-24,34-35H,25H2,1H3/t34-,35-,38-,39-/m1/s1. The fraction of sp³-hybridized carbons (Fsp3) is 0.154. The summed E-state index contributed by atoms with van der Waals surface area (Å²) < 4.78 is 7.31. The first-order valence-electron chi connectivity index (χ1n) is 15.2. The predicted molar refractivity (Wildman–Crippen MR) is 171 cm³/mol. The van der Waals surface area contributed by atoms with Crippen LogP contribution in [0.25, 0.3) is 0 Å². The van der Waals surface area contributed by atoms with E-state index in [1.165, 1.54) is 11.8 Å². The third kappa shape index (κ3) is 3.57. The summed E-state index contributed by atoms with van der Waals surface area (Å²) in [5.41, 5.74) is 1.70. The molecule has 2 spiro atoms. The predicted octanol–water partition coefficient (Wildman–Crippen LogP) is 6.82. The molecule has 0 aromatic heterocycles. The number of ether oxygens (including phenoxy) is 1. The molecule has 0 bridgehead atoms. The van der Waals surface area contributed by atoms with Crippen LogP contribution in [0.15, 0.2) is 140 Å². The highest BCUT2D eigenvalue weighted by molar-refractivity contribution is 6.26. The summed E-state index contributed by atoms with van der Waals surface area (Å²) in [6.45, 7) is 1.70. The van der Waals surface area contributed by atoms with Gasteiger partial charge in [-0.05, 0) is 34.4 Å². The van der Waals surface area contributed by atoms with Crippen LogP contribution in [0.1, 0.15) is 46.8 Å². The Labute approximate surface area is 261 Å². The average Bonchev–Trinajstić information content (AvgIpc) is 3.64. The molecule has 1 fully saturated rings. The minimum absolute atomic E-state index is 0.302. The minimum Gasteiger partial charge on any atom is -0.350 e. The fourth-order valence-corrected chi connectivity index (χ4v) is 7.98. The number of carbonyl (C=O) groups excluding carboxylic acids is 3. The Balaban J connectivity index is 1.49. The highest BCUT2D eigenvalue weighted by Crippen LogP contribution is 2.72. The number of fused-ring (bicyclic) bond motifs is 5. The van der Waals surface area contributed by atoms with Gasteiger partial charge in [0.2, 0.25) is 11.8 Å². The number of amides is 3. The Morgan fingerprint density at radius 2 is 1.18 bits per heavy atom. The lowest BCUT2D eigenvalue weighted by Gasteiger charge is -2.40. The maximum atomic E-state index is 15.5. The van der Waals surface area contributed by atoms with E-state index in [9.17, 15) is 4.79 Å². The summed E-state index contributed by atoms with van der Waals surface area (Å²) in [7, 11) is 0. The van der Waals surface area contributed by atoms with Gasteiger partial charge in [0.1, 0.15) is 5.41 Å². The number of benzene rings is 5. The quantitative estimate of drug-likeness (QED) is 0.231. The molecule has 0 radical (unpaired) electrons. The van der Waals surface area contributed by atoms with Crippen LogP contribution >= 0.6 is 0 Å². The number of para-hydroxylation sites is 2. The molecule has 6 heteroatoms. The number of hydrogen-bond donors (Lipinski definition) is 0. The van der Waals surface area contributed by atoms with Crippen LogP contribution in [0.4, 0.5) is 11.4 Å². The van der Waals surface area contributed by atoms with Crippen molar-refractivity contribution in [2.24, 2.45) is 0 Å². The van der Waals surface area contributed by atoms with Gasteiger partial charge in [-0.2, -0.15) is 0 Å². The van der Waals surface area contributed by atoms with Crippen molar-refractivity contribution in [3.05, 3.63) is 167 Å². The highest BCUT2D eigenvalue weighted by atomic mass is 16.5. The molecular formula is C39H30N2O4. The second-order valence-electron chi connectivity index (χ2n) is 11.9. The van der Waals surface area contributed by atoms with Crippen LogP contribution in [0, 0.1) is 0 Å². The van der Waals surface area contributed by atoms with Crippen molar-refractivity contribution >= 4 is 29.1 Å². The lowest BCUT2D eigenvalue weighted by molar-refractivity contribution is -0.154. The Kier molecular flexibility index (Phi) is 6.12. The topological polar surface area (TPSA) is 66.9 Å². The van der Waals surface area contributed by atoms with E-state index in [-0.39, 0.29) is 5.91 Å². The molecule has 220 valence electrons. The normalized spacial score (nSPS) is 24.8. The highest BCUT2D eigenvalue weighted by Gasteiger charge is 2.80. The summed E-state index contributed by atoms with van der Waals surface area (Å²) >= 11 is 0. The van der Waals surface area contributed by atoms with Crippen LogP contribution < -0.4 is 9.80 Å². The van der Waals surface area contributed by atoms with E-state index < -0.39 is 34.9 Å². The Morgan fingerprint density at radius 1 is 0.644 bits per heavy atom. The summed E-state index contributed by atoms with van der Waals surface area (Å²) in [6.07, 6.45) is -0.689. The van der Waals surface area contributed by atoms with E-state index in [0.29, 0.717) is 29.0 Å². The lowest BCUT2D eigenvalue weighted by Crippen LogP contribution is -2.59. The van der Waals surface area contributed by atoms with Gasteiger partial charge in [-0.25, -0.2) is 4.90 Å². The summed E-state index contributed by atoms with van der Waals surface area (Å²) in [5, 5.41) is 0. The SMILES string of the molecule is CC(=O)N1C(=O)[C@@]2(c3ccccc31)[C@H](c1ccccc1)[C@@H](c1ccccc1)O[C@]21C(=O)N(Cc2ccccc2)c2ccccc21. The first kappa shape index (κ1) is 27.2. The average molecular weight is 591 g/mol. The molecule has 0 unspecified atom stereocenters. The van der Waals surface area contributed by atoms with Gasteiger partial charge in [0.25, 0.3) is 5.91 Å². The summed E-state index contributed by atoms with van der Waals surface area (Å²) in [6, 6.07) is 44.4. The Bertz CT molecular complexity index is 1960. The number of nitrogens with zero attached hydrogens (tertiary/aromatic N) is 2. The third-order valence-corrected chi connectivity index (χ3v) is 9.64. The van der Waals surface area contributed by atoms with Gasteiger partial charge in [0.05, 0.1) is 24.0 Å². The molecule has 8 rings (SSSR count). The molecule has 5 aromatic rings. The van der Waals surface area contributed by atoms with Crippen LogP contribution in [-0.4, -0.2) is 17.7 Å². The molecule has 0 N–H and O–H groups in total. The van der Waals surface area contributed by atoms with E-state index in [4.69, 9.17) is 4.74 Å². The maximum Gasteiger partial charge on any atom is 0.265 e. The second kappa shape index (κ2) is 10.1. The van der Waals surface area contributed by atoms with Gasteiger partial charge in [-0.3, -0.25) is 14.4 Å². The van der Waals surface area contributed by atoms with Gasteiger partial charge >= 0.3 is 0 Å². The second-order valence-corrected chi connectivity index (χ2v) is 11.9. The van der Waals surface area contributed by atoms with Crippen molar-refractivity contribution in [3.8, 4) is 0 Å². The Morgan fingerprint density at radius 3 is 1.82 bits per heavy atom. The smallest absolute Gasteiger partial charge is 0.265 e. The van der Waals surface area contributed by atoms with Crippen molar-refractivity contribution in [3.63, 3.8) is 0 Å². The van der Waals surface area contributed by atoms with E-state index in [1.54, 1.807) is 11.0 Å². The molecule has 0 aliphatic carbocycles. The molecule has 3 heterocycles. The largest absolute Gasteiger partial charge is 0.350 e. The first-order chi connectivity index (χ1) is 22.0. The molecule has 3 aliphatic heterocycles. The van der Waals surface area contributed by atoms with Crippen molar-refractivity contribution < 1.29 is 19.1 Å². The monoisotopic (exact) mass is 590 g/mol. The maximum absolute atomic E-state index is 15.5. The molecule has 4 atom stereocenters. The van der Waals surface area contributed by atoms with Crippen molar-refractivity contribution in [1.82, 2.24) is 0 Å². The van der Waals surface area contributed by atoms with E-state index >= 15 is 9.59 Å². The summed E-state index contributed by atoms with van der Waals surface area (Å²) in [4.78, 5) is 47.3. The van der Waals surface area contributed by atoms with Gasteiger partial charge in [-0.1, -0.05) is 127 Å². The first-order valence-corrected chi connectivity index (χ1v) is 15.2. The van der Waals surface area contributed by atoms with Crippen LogP contribution in [0.2, 0.25) is 0 Å². The summed E-state index contributed by atoms with van der Waals surface area (Å²) in [5.74, 6) is -1.82. The van der Waals surface area contributed by atoms with E-state index in [0.717, 1.165) is 16.7 Å². The van der Waals surface area contributed by atoms with Gasteiger partial charge in [0.15, 0.2) is 5.60 Å². The number of hydrogen-bond acceptors (Lipinski definition) is 4. The van der Waals surface area contributed by atoms with Crippen molar-refractivity contribution in [2.45, 2.75) is 36.5 Å². The van der Waals surface area contributed by atoms with Crippen molar-refractivity contribution in [2.75, 3.05) is 9.80 Å². The zero-order valence-electron chi connectivity index (χ0n) is 24.7. The zero-order valence-corrected chi connectivity index (χ0v) is 24.7. The van der Waals surface area contributed by atoms with Crippen LogP contribution in [0.5, 0.6) is 0 Å². The number of carbonyl (C=O) groups is 3.